The fourth-order valence-electron chi connectivity index (χ4n) is 0.355. The molecular weight excluding hydrogens is 156 g/mol. The molecule has 0 rings (SSSR count). The van der Waals surface area contributed by atoms with Crippen LogP contribution in [0.25, 0.3) is 0 Å². The molecule has 5 heteroatoms. The second-order valence-electron chi connectivity index (χ2n) is 1.45. The lowest BCUT2D eigenvalue weighted by Gasteiger charge is -2.00. The molecule has 4 nitrogen and oxygen atoms in total. The van der Waals surface area contributed by atoms with Crippen molar-refractivity contribution >= 4 is 17.9 Å². The van der Waals surface area contributed by atoms with E-state index in [0.717, 1.165) is 0 Å². The van der Waals surface area contributed by atoms with E-state index in [-0.39, 0.29) is 19.8 Å². The molecule has 0 aliphatic carbocycles. The van der Waals surface area contributed by atoms with Gasteiger partial charge in [0.2, 0.25) is 0 Å². The highest BCUT2D eigenvalue weighted by atomic mass is 32.1. The van der Waals surface area contributed by atoms with Gasteiger partial charge in [0.25, 0.3) is 0 Å². The molecule has 0 amide bonds. The minimum absolute atomic E-state index is 0.0190. The van der Waals surface area contributed by atoms with E-state index >= 15 is 0 Å². The minimum atomic E-state index is -0.618. The summed E-state index contributed by atoms with van der Waals surface area (Å²) in [4.78, 5) is 10.0. The van der Waals surface area contributed by atoms with Crippen molar-refractivity contribution in [2.45, 2.75) is 0 Å². The lowest BCUT2D eigenvalue weighted by atomic mass is 10.7. The van der Waals surface area contributed by atoms with Crippen LogP contribution in [0.15, 0.2) is 0 Å². The molecule has 10 heavy (non-hydrogen) atoms. The highest BCUT2D eigenvalue weighted by Crippen LogP contribution is 1.85. The van der Waals surface area contributed by atoms with Crippen LogP contribution in [0.2, 0.25) is 0 Å². The normalized spacial score (nSPS) is 9.40. The van der Waals surface area contributed by atoms with Crippen LogP contribution in [0.4, 0.5) is 4.79 Å². The van der Waals surface area contributed by atoms with Crippen molar-refractivity contribution in [3.63, 3.8) is 0 Å². The quantitative estimate of drug-likeness (QED) is 0.344. The Kier molecular flexibility index (Phi) is 6.68. The third-order valence-corrected chi connectivity index (χ3v) is 0.818. The molecule has 0 heterocycles. The summed E-state index contributed by atoms with van der Waals surface area (Å²) in [6.45, 7) is 0.730. The molecule has 1 N–H and O–H groups in total. The minimum Gasteiger partial charge on any atom is -0.455 e. The van der Waals surface area contributed by atoms with Crippen molar-refractivity contribution in [3.8, 4) is 0 Å². The number of carbonyl (C=O) groups is 1. The second-order valence-corrected chi connectivity index (χ2v) is 1.82. The molecule has 0 saturated heterocycles. The fourth-order valence-corrected chi connectivity index (χ4v) is 0.446. The highest BCUT2D eigenvalue weighted by molar-refractivity contribution is 7.96. The lowest BCUT2D eigenvalue weighted by Crippen LogP contribution is -2.07. The smallest absolute Gasteiger partial charge is 0.364 e. The number of thiol groups is 1. The van der Waals surface area contributed by atoms with Gasteiger partial charge in [0.15, 0.2) is 0 Å². The van der Waals surface area contributed by atoms with Gasteiger partial charge in [-0.25, -0.2) is 4.79 Å². The molecular formula is C5H10O4S. The Bertz CT molecular complexity index is 95.6. The first-order valence-electron chi connectivity index (χ1n) is 2.81. The molecule has 0 radical (unpaired) electrons. The summed E-state index contributed by atoms with van der Waals surface area (Å²) in [5.74, 6) is 0. The van der Waals surface area contributed by atoms with Crippen molar-refractivity contribution < 1.29 is 19.4 Å². The number of aliphatic hydroxyl groups excluding tert-OH is 1. The van der Waals surface area contributed by atoms with Crippen molar-refractivity contribution in [1.82, 2.24) is 0 Å². The largest absolute Gasteiger partial charge is 0.455 e. The van der Waals surface area contributed by atoms with E-state index in [1.807, 2.05) is 0 Å². The summed E-state index contributed by atoms with van der Waals surface area (Å²) in [5, 5.41) is 7.61. The van der Waals surface area contributed by atoms with Gasteiger partial charge in [0, 0.05) is 0 Å². The summed E-state index contributed by atoms with van der Waals surface area (Å²) >= 11 is 3.36. The van der Waals surface area contributed by atoms with Crippen molar-refractivity contribution in [2.75, 3.05) is 26.4 Å². The van der Waals surface area contributed by atoms with Crippen LogP contribution in [0.3, 0.4) is 0 Å². The number of hydrogen-bond acceptors (Lipinski definition) is 4. The first-order valence-corrected chi connectivity index (χ1v) is 3.26. The predicted molar refractivity (Wildman–Crippen MR) is 38.2 cm³/mol. The van der Waals surface area contributed by atoms with Gasteiger partial charge in [-0.3, -0.25) is 0 Å². The molecule has 0 fully saturated rings. The maximum atomic E-state index is 10.0. The Balaban J connectivity index is 2.84. The van der Waals surface area contributed by atoms with Gasteiger partial charge in [0.1, 0.15) is 6.61 Å². The second kappa shape index (κ2) is 6.85. The molecule has 0 atom stereocenters. The van der Waals surface area contributed by atoms with Crippen LogP contribution < -0.4 is 0 Å². The number of aliphatic hydroxyl groups is 1. The first-order chi connectivity index (χ1) is 4.77. The van der Waals surface area contributed by atoms with E-state index in [1.54, 1.807) is 0 Å². The fraction of sp³-hybridized carbons (Fsp3) is 0.800. The van der Waals surface area contributed by atoms with Crippen LogP contribution in [-0.4, -0.2) is 36.8 Å². The number of hydrogen-bond donors (Lipinski definition) is 2. The van der Waals surface area contributed by atoms with E-state index in [1.165, 1.54) is 0 Å². The third kappa shape index (κ3) is 7.74. The van der Waals surface area contributed by atoms with Crippen LogP contribution in [0.5, 0.6) is 0 Å². The zero-order valence-electron chi connectivity index (χ0n) is 5.45. The average molecular weight is 166 g/mol. The van der Waals surface area contributed by atoms with Crippen LogP contribution in [0, 0.1) is 0 Å². The van der Waals surface area contributed by atoms with Gasteiger partial charge in [-0.1, -0.05) is 12.6 Å². The Hall–Kier alpha value is -0.260. The summed E-state index contributed by atoms with van der Waals surface area (Å²) in [5.41, 5.74) is 0. The molecule has 0 aromatic rings. The average Bonchev–Trinajstić information content (AvgIpc) is 1.87. The Labute approximate surface area is 64.5 Å². The van der Waals surface area contributed by atoms with Crippen molar-refractivity contribution in [1.29, 1.82) is 0 Å². The molecule has 0 aromatic carbocycles. The summed E-state index contributed by atoms with van der Waals surface area (Å²) in [6, 6.07) is 0. The summed E-state index contributed by atoms with van der Waals surface area (Å²) in [6.07, 6.45) is 0. The molecule has 0 saturated carbocycles. The molecule has 0 bridgehead atoms. The molecule has 0 aliphatic heterocycles. The number of ether oxygens (including phenoxy) is 2. The van der Waals surface area contributed by atoms with E-state index in [9.17, 15) is 4.79 Å². The Morgan fingerprint density at radius 2 is 2.10 bits per heavy atom. The monoisotopic (exact) mass is 166 g/mol. The van der Waals surface area contributed by atoms with E-state index in [2.05, 4.69) is 17.4 Å². The van der Waals surface area contributed by atoms with Gasteiger partial charge in [-0.05, 0) is 0 Å². The van der Waals surface area contributed by atoms with E-state index < -0.39 is 5.30 Å². The summed E-state index contributed by atoms with van der Waals surface area (Å²) < 4.78 is 9.18. The van der Waals surface area contributed by atoms with E-state index in [4.69, 9.17) is 9.84 Å². The molecule has 0 aliphatic rings. The van der Waals surface area contributed by atoms with Gasteiger partial charge < -0.3 is 14.6 Å². The van der Waals surface area contributed by atoms with Crippen LogP contribution >= 0.6 is 12.6 Å². The number of carbonyl (C=O) groups excluding carboxylic acids is 1. The molecule has 60 valence electrons. The molecule has 0 spiro atoms. The zero-order chi connectivity index (χ0) is 7.82. The van der Waals surface area contributed by atoms with Gasteiger partial charge >= 0.3 is 5.30 Å². The van der Waals surface area contributed by atoms with E-state index in [0.29, 0.717) is 6.61 Å². The highest BCUT2D eigenvalue weighted by Gasteiger charge is 1.91. The van der Waals surface area contributed by atoms with Crippen LogP contribution in [-0.2, 0) is 9.47 Å². The SMILES string of the molecule is O=C(S)OCCOCCO. The zero-order valence-corrected chi connectivity index (χ0v) is 6.34. The first kappa shape index (κ1) is 9.74. The lowest BCUT2D eigenvalue weighted by molar-refractivity contribution is 0.0602. The predicted octanol–water partition coefficient (Wildman–Crippen LogP) is 0.0617. The van der Waals surface area contributed by atoms with Gasteiger partial charge in [0.05, 0.1) is 19.8 Å². The molecule has 0 unspecified atom stereocenters. The topological polar surface area (TPSA) is 55.8 Å². The standard InChI is InChI=1S/C5H10O4S/c6-1-2-8-3-4-9-5(7)10/h6H,1-4H2,(H,7,10). The third-order valence-electron chi connectivity index (χ3n) is 0.689. The maximum Gasteiger partial charge on any atom is 0.364 e. The Morgan fingerprint density at radius 3 is 2.60 bits per heavy atom. The van der Waals surface area contributed by atoms with Crippen molar-refractivity contribution in [2.24, 2.45) is 0 Å². The van der Waals surface area contributed by atoms with Crippen molar-refractivity contribution in [3.05, 3.63) is 0 Å². The molecule has 0 aromatic heterocycles. The van der Waals surface area contributed by atoms with Crippen LogP contribution in [0.1, 0.15) is 0 Å². The van der Waals surface area contributed by atoms with Gasteiger partial charge in [-0.2, -0.15) is 0 Å². The Morgan fingerprint density at radius 1 is 1.40 bits per heavy atom. The van der Waals surface area contributed by atoms with Gasteiger partial charge in [-0.15, -0.1) is 0 Å². The number of rotatable bonds is 5. The summed E-state index contributed by atoms with van der Waals surface area (Å²) in [7, 11) is 0. The maximum absolute atomic E-state index is 10.0.